The van der Waals surface area contributed by atoms with Crippen molar-refractivity contribution in [2.45, 2.75) is 48.3 Å². The minimum Gasteiger partial charge on any atom is -0.480 e. The number of nitrogens with zero attached hydrogens (tertiary/aromatic N) is 3. The van der Waals surface area contributed by atoms with E-state index >= 15 is 0 Å². The van der Waals surface area contributed by atoms with Gasteiger partial charge in [-0.3, -0.25) is 4.79 Å². The van der Waals surface area contributed by atoms with Gasteiger partial charge in [0.05, 0.1) is 4.90 Å². The Morgan fingerprint density at radius 2 is 1.84 bits per heavy atom. The van der Waals surface area contributed by atoms with Crippen molar-refractivity contribution in [3.63, 3.8) is 0 Å². The fraction of sp³-hybridized carbons (Fsp3) is 0.310. The van der Waals surface area contributed by atoms with E-state index in [1.54, 1.807) is 39.0 Å². The van der Waals surface area contributed by atoms with Crippen LogP contribution in [0.15, 0.2) is 82.8 Å². The SMILES string of the molecule is CC(C)Sc1ccc(S(=O)(=O)N2CCC(Cc3cn(CC(=O)O)c4ncc(-c5ccccc5)cc34)C2)cc1. The molecule has 9 heteroatoms. The van der Waals surface area contributed by atoms with Crippen LogP contribution in [0.5, 0.6) is 0 Å². The second-order valence-corrected chi connectivity index (χ2v) is 13.6. The summed E-state index contributed by atoms with van der Waals surface area (Å²) in [5.74, 6) is -0.803. The molecule has 1 saturated heterocycles. The molecule has 1 atom stereocenters. The van der Waals surface area contributed by atoms with Gasteiger partial charge in [-0.1, -0.05) is 44.2 Å². The van der Waals surface area contributed by atoms with Crippen LogP contribution in [0.2, 0.25) is 0 Å². The smallest absolute Gasteiger partial charge is 0.323 e. The highest BCUT2D eigenvalue weighted by molar-refractivity contribution is 7.99. The molecule has 0 aliphatic carbocycles. The van der Waals surface area contributed by atoms with Crippen LogP contribution in [-0.4, -0.2) is 51.7 Å². The summed E-state index contributed by atoms with van der Waals surface area (Å²) >= 11 is 1.71. The first-order valence-electron chi connectivity index (χ1n) is 12.7. The number of fused-ring (bicyclic) bond motifs is 1. The summed E-state index contributed by atoms with van der Waals surface area (Å²) < 4.78 is 29.9. The minimum atomic E-state index is -3.58. The monoisotopic (exact) mass is 549 g/mol. The molecule has 1 unspecified atom stereocenters. The van der Waals surface area contributed by atoms with Gasteiger partial charge in [0.25, 0.3) is 0 Å². The molecule has 0 bridgehead atoms. The Morgan fingerprint density at radius 1 is 1.11 bits per heavy atom. The number of carboxylic acid groups (broad SMARTS) is 1. The zero-order valence-corrected chi connectivity index (χ0v) is 23.1. The molecule has 2 aromatic heterocycles. The summed E-state index contributed by atoms with van der Waals surface area (Å²) in [6, 6.07) is 19.1. The molecule has 2 aromatic carbocycles. The van der Waals surface area contributed by atoms with E-state index in [1.165, 1.54) is 0 Å². The number of pyridine rings is 1. The largest absolute Gasteiger partial charge is 0.480 e. The van der Waals surface area contributed by atoms with Crippen LogP contribution in [0, 0.1) is 5.92 Å². The highest BCUT2D eigenvalue weighted by atomic mass is 32.2. The van der Waals surface area contributed by atoms with Gasteiger partial charge in [0.15, 0.2) is 0 Å². The maximum absolute atomic E-state index is 13.3. The van der Waals surface area contributed by atoms with Crippen molar-refractivity contribution in [3.8, 4) is 11.1 Å². The van der Waals surface area contributed by atoms with E-state index in [-0.39, 0.29) is 12.5 Å². The Hall–Kier alpha value is -3.14. The second-order valence-electron chi connectivity index (χ2n) is 10.00. The van der Waals surface area contributed by atoms with E-state index in [0.717, 1.165) is 33.4 Å². The average Bonchev–Trinajstić information content (AvgIpc) is 3.50. The van der Waals surface area contributed by atoms with Crippen molar-refractivity contribution in [2.24, 2.45) is 5.92 Å². The summed E-state index contributed by atoms with van der Waals surface area (Å²) in [4.78, 5) is 17.5. The number of sulfonamides is 1. The molecular formula is C29H31N3O4S2. The van der Waals surface area contributed by atoms with Crippen molar-refractivity contribution in [1.82, 2.24) is 13.9 Å². The van der Waals surface area contributed by atoms with Crippen LogP contribution in [0.3, 0.4) is 0 Å². The lowest BCUT2D eigenvalue weighted by Gasteiger charge is -2.17. The molecule has 7 nitrogen and oxygen atoms in total. The fourth-order valence-electron chi connectivity index (χ4n) is 5.06. The van der Waals surface area contributed by atoms with Crippen LogP contribution < -0.4 is 0 Å². The van der Waals surface area contributed by atoms with Gasteiger partial charge in [-0.15, -0.1) is 11.8 Å². The third-order valence-electron chi connectivity index (χ3n) is 6.80. The number of benzene rings is 2. The van der Waals surface area contributed by atoms with Gasteiger partial charge >= 0.3 is 5.97 Å². The van der Waals surface area contributed by atoms with Crippen molar-refractivity contribution in [1.29, 1.82) is 0 Å². The first-order valence-corrected chi connectivity index (χ1v) is 15.0. The van der Waals surface area contributed by atoms with Crippen LogP contribution in [0.4, 0.5) is 0 Å². The number of rotatable bonds is 9. The van der Waals surface area contributed by atoms with Gasteiger partial charge in [0.2, 0.25) is 10.0 Å². The van der Waals surface area contributed by atoms with Crippen LogP contribution in [0.25, 0.3) is 22.2 Å². The molecule has 3 heterocycles. The Balaban J connectivity index is 1.38. The first-order chi connectivity index (χ1) is 18.2. The van der Waals surface area contributed by atoms with Crippen LogP contribution in [-0.2, 0) is 27.8 Å². The Bertz CT molecular complexity index is 1550. The van der Waals surface area contributed by atoms with Gasteiger partial charge in [0, 0.05) is 46.6 Å². The molecule has 1 fully saturated rings. The zero-order valence-electron chi connectivity index (χ0n) is 21.4. The van der Waals surface area contributed by atoms with E-state index in [4.69, 9.17) is 0 Å². The van der Waals surface area contributed by atoms with Crippen LogP contribution >= 0.6 is 11.8 Å². The normalized spacial score (nSPS) is 16.4. The van der Waals surface area contributed by atoms with E-state index < -0.39 is 16.0 Å². The predicted molar refractivity (Wildman–Crippen MR) is 151 cm³/mol. The highest BCUT2D eigenvalue weighted by Crippen LogP contribution is 2.32. The standard InChI is InChI=1S/C29H31N3O4S2/c1-20(2)37-25-8-10-26(11-9-25)38(35,36)32-13-12-21(17-32)14-24-18-31(19-28(33)34)29-27(24)15-23(16-30-29)22-6-4-3-5-7-22/h3-11,15-16,18,20-21H,12-14,17,19H2,1-2H3,(H,33,34). The lowest BCUT2D eigenvalue weighted by Crippen LogP contribution is -2.29. The maximum Gasteiger partial charge on any atom is 0.323 e. The number of carbonyl (C=O) groups is 1. The number of aliphatic carboxylic acids is 1. The second kappa shape index (κ2) is 10.9. The van der Waals surface area contributed by atoms with Crippen molar-refractivity contribution >= 4 is 38.8 Å². The molecule has 0 radical (unpaired) electrons. The summed E-state index contributed by atoms with van der Waals surface area (Å²) in [5.41, 5.74) is 3.62. The molecule has 0 amide bonds. The predicted octanol–water partition coefficient (Wildman–Crippen LogP) is 5.54. The minimum absolute atomic E-state index is 0.129. The summed E-state index contributed by atoms with van der Waals surface area (Å²) in [6.07, 6.45) is 5.04. The summed E-state index contributed by atoms with van der Waals surface area (Å²) in [7, 11) is -3.58. The number of hydrogen-bond donors (Lipinski definition) is 1. The molecule has 1 aliphatic heterocycles. The number of carboxylic acids is 1. The van der Waals surface area contributed by atoms with Gasteiger partial charge in [-0.05, 0) is 60.2 Å². The molecule has 1 N–H and O–H groups in total. The molecule has 0 saturated carbocycles. The first kappa shape index (κ1) is 26.5. The van der Waals surface area contributed by atoms with Crippen LogP contribution in [0.1, 0.15) is 25.8 Å². The van der Waals surface area contributed by atoms with Gasteiger partial charge < -0.3 is 9.67 Å². The quantitative estimate of drug-likeness (QED) is 0.276. The van der Waals surface area contributed by atoms with Gasteiger partial charge in [-0.25, -0.2) is 13.4 Å². The molecular weight excluding hydrogens is 518 g/mol. The molecule has 5 rings (SSSR count). The summed E-state index contributed by atoms with van der Waals surface area (Å²) in [6.45, 7) is 4.94. The molecule has 38 heavy (non-hydrogen) atoms. The van der Waals surface area contributed by atoms with E-state index in [1.807, 2.05) is 48.7 Å². The third-order valence-corrected chi connectivity index (χ3v) is 9.69. The average molecular weight is 550 g/mol. The molecule has 0 spiro atoms. The van der Waals surface area contributed by atoms with E-state index in [0.29, 0.717) is 35.3 Å². The fourth-order valence-corrected chi connectivity index (χ4v) is 7.43. The zero-order chi connectivity index (χ0) is 26.9. The van der Waals surface area contributed by atoms with Gasteiger partial charge in [0.1, 0.15) is 12.2 Å². The number of aromatic nitrogens is 2. The third kappa shape index (κ3) is 5.65. The molecule has 4 aromatic rings. The number of thioether (sulfide) groups is 1. The lowest BCUT2D eigenvalue weighted by atomic mass is 9.98. The van der Waals surface area contributed by atoms with Gasteiger partial charge in [-0.2, -0.15) is 4.31 Å². The molecule has 198 valence electrons. The maximum atomic E-state index is 13.3. The Kier molecular flexibility index (Phi) is 7.61. The van der Waals surface area contributed by atoms with Crippen molar-refractivity contribution < 1.29 is 18.3 Å². The van der Waals surface area contributed by atoms with Crippen molar-refractivity contribution in [2.75, 3.05) is 13.1 Å². The van der Waals surface area contributed by atoms with Crippen molar-refractivity contribution in [3.05, 3.63) is 78.6 Å². The highest BCUT2D eigenvalue weighted by Gasteiger charge is 2.33. The van der Waals surface area contributed by atoms with E-state index in [9.17, 15) is 18.3 Å². The Labute approximate surface area is 227 Å². The lowest BCUT2D eigenvalue weighted by molar-refractivity contribution is -0.137. The number of hydrogen-bond acceptors (Lipinski definition) is 5. The summed E-state index contributed by atoms with van der Waals surface area (Å²) in [5, 5.41) is 10.8. The molecule has 1 aliphatic rings. The Morgan fingerprint density at radius 3 is 2.53 bits per heavy atom. The van der Waals surface area contributed by atoms with E-state index in [2.05, 4.69) is 24.9 Å². The topological polar surface area (TPSA) is 92.5 Å².